The third-order valence-corrected chi connectivity index (χ3v) is 1.48. The van der Waals surface area contributed by atoms with Crippen LogP contribution in [0.15, 0.2) is 54.3 Å². The van der Waals surface area contributed by atoms with E-state index in [9.17, 15) is 0 Å². The molecule has 0 fully saturated rings. The van der Waals surface area contributed by atoms with Crippen molar-refractivity contribution >= 4 is 5.71 Å². The van der Waals surface area contributed by atoms with Crippen molar-refractivity contribution in [3.8, 4) is 0 Å². The van der Waals surface area contributed by atoms with Gasteiger partial charge in [0.15, 0.2) is 0 Å². The highest BCUT2D eigenvalue weighted by Crippen LogP contribution is 1.98. The van der Waals surface area contributed by atoms with Crippen molar-refractivity contribution < 1.29 is 0 Å². The van der Waals surface area contributed by atoms with Crippen LogP contribution in [0, 0.1) is 0 Å². The van der Waals surface area contributed by atoms with E-state index in [1.54, 1.807) is 18.5 Å². The number of hydrogen-bond acceptors (Lipinski definition) is 2. The highest BCUT2D eigenvalue weighted by atomic mass is 14.8. The van der Waals surface area contributed by atoms with Gasteiger partial charge in [0.2, 0.25) is 0 Å². The molecule has 17 heavy (non-hydrogen) atoms. The van der Waals surface area contributed by atoms with Gasteiger partial charge in [-0.1, -0.05) is 46.4 Å². The fraction of sp³-hybridized carbons (Fsp3) is 0.333. The minimum absolute atomic E-state index is 0.790. The van der Waals surface area contributed by atoms with Crippen LogP contribution >= 0.6 is 0 Å². The molecular formula is C15H24N2. The van der Waals surface area contributed by atoms with Crippen LogP contribution in [0.5, 0.6) is 0 Å². The Morgan fingerprint density at radius 1 is 1.24 bits per heavy atom. The van der Waals surface area contributed by atoms with Crippen molar-refractivity contribution in [2.24, 2.45) is 4.99 Å². The van der Waals surface area contributed by atoms with Gasteiger partial charge in [-0.2, -0.15) is 0 Å². The predicted molar refractivity (Wildman–Crippen MR) is 78.5 cm³/mol. The van der Waals surface area contributed by atoms with E-state index in [-0.39, 0.29) is 0 Å². The molecule has 0 aromatic carbocycles. The zero-order valence-electron chi connectivity index (χ0n) is 11.6. The van der Waals surface area contributed by atoms with Gasteiger partial charge in [-0.05, 0) is 25.1 Å². The zero-order valence-corrected chi connectivity index (χ0v) is 11.6. The SMILES string of the molecule is C=CC(=N/C=C\C)c1ccccn1.CC.CC. The van der Waals surface area contributed by atoms with Crippen LogP contribution < -0.4 is 0 Å². The van der Waals surface area contributed by atoms with Gasteiger partial charge in [-0.3, -0.25) is 9.98 Å². The number of pyridine rings is 1. The fourth-order valence-corrected chi connectivity index (χ4v) is 0.893. The molecular weight excluding hydrogens is 208 g/mol. The Balaban J connectivity index is 0. The number of hydrogen-bond donors (Lipinski definition) is 0. The average Bonchev–Trinajstić information content (AvgIpc) is 2.45. The smallest absolute Gasteiger partial charge is 0.0885 e. The first kappa shape index (κ1) is 17.7. The maximum Gasteiger partial charge on any atom is 0.0885 e. The molecule has 0 bridgehead atoms. The number of rotatable bonds is 3. The van der Waals surface area contributed by atoms with Crippen molar-refractivity contribution in [2.45, 2.75) is 34.6 Å². The zero-order chi connectivity index (χ0) is 13.5. The van der Waals surface area contributed by atoms with Gasteiger partial charge in [0, 0.05) is 12.4 Å². The molecule has 1 heterocycles. The van der Waals surface area contributed by atoms with Crippen molar-refractivity contribution in [1.29, 1.82) is 0 Å². The summed E-state index contributed by atoms with van der Waals surface area (Å²) < 4.78 is 0. The topological polar surface area (TPSA) is 25.2 Å². The summed E-state index contributed by atoms with van der Waals surface area (Å²) in [6.07, 6.45) is 7.03. The maximum atomic E-state index is 4.19. The van der Waals surface area contributed by atoms with Crippen LogP contribution in [0.4, 0.5) is 0 Å². The molecule has 0 saturated heterocycles. The summed E-state index contributed by atoms with van der Waals surface area (Å²) in [4.78, 5) is 8.35. The molecule has 0 amide bonds. The lowest BCUT2D eigenvalue weighted by Crippen LogP contribution is -1.97. The van der Waals surface area contributed by atoms with E-state index >= 15 is 0 Å². The van der Waals surface area contributed by atoms with Crippen LogP contribution in [0.25, 0.3) is 0 Å². The maximum absolute atomic E-state index is 4.19. The second kappa shape index (κ2) is 14.3. The monoisotopic (exact) mass is 232 g/mol. The Morgan fingerprint density at radius 2 is 1.88 bits per heavy atom. The van der Waals surface area contributed by atoms with E-state index < -0.39 is 0 Å². The fourth-order valence-electron chi connectivity index (χ4n) is 0.893. The largest absolute Gasteiger partial charge is 0.255 e. The molecule has 2 nitrogen and oxygen atoms in total. The number of nitrogens with zero attached hydrogens (tertiary/aromatic N) is 2. The number of aromatic nitrogens is 1. The molecule has 0 aliphatic rings. The molecule has 0 aliphatic heterocycles. The standard InChI is InChI=1S/C11H12N2.2C2H6/c1-3-8-12-10(4-2)11-7-5-6-9-13-11;2*1-2/h3-9H,2H2,1H3;2*1-2H3/b8-3-,12-10?;;. The third-order valence-electron chi connectivity index (χ3n) is 1.48. The average molecular weight is 232 g/mol. The van der Waals surface area contributed by atoms with Crippen LogP contribution in [0.2, 0.25) is 0 Å². The molecule has 0 aliphatic carbocycles. The van der Waals surface area contributed by atoms with Gasteiger partial charge in [0.25, 0.3) is 0 Å². The second-order valence-corrected chi connectivity index (χ2v) is 2.42. The quantitative estimate of drug-likeness (QED) is 0.697. The lowest BCUT2D eigenvalue weighted by atomic mass is 10.2. The Bertz CT molecular complexity index is 324. The van der Waals surface area contributed by atoms with Crippen molar-refractivity contribution in [2.75, 3.05) is 0 Å². The molecule has 0 saturated carbocycles. The van der Waals surface area contributed by atoms with Crippen molar-refractivity contribution in [3.63, 3.8) is 0 Å². The van der Waals surface area contributed by atoms with Gasteiger partial charge in [0.05, 0.1) is 11.4 Å². The Morgan fingerprint density at radius 3 is 2.29 bits per heavy atom. The normalized spacial score (nSPS) is 9.82. The van der Waals surface area contributed by atoms with E-state index in [0.29, 0.717) is 0 Å². The number of aliphatic imine (C=N–C) groups is 1. The van der Waals surface area contributed by atoms with Gasteiger partial charge in [-0.25, -0.2) is 0 Å². The molecule has 1 aromatic heterocycles. The minimum Gasteiger partial charge on any atom is -0.255 e. The first-order chi connectivity index (χ1) is 8.38. The van der Waals surface area contributed by atoms with Crippen LogP contribution in [0.1, 0.15) is 40.3 Å². The van der Waals surface area contributed by atoms with Crippen LogP contribution in [-0.2, 0) is 0 Å². The Kier molecular flexibility index (Phi) is 14.9. The van der Waals surface area contributed by atoms with Gasteiger partial charge in [0.1, 0.15) is 0 Å². The molecule has 0 unspecified atom stereocenters. The van der Waals surface area contributed by atoms with Crippen LogP contribution in [-0.4, -0.2) is 10.7 Å². The first-order valence-corrected chi connectivity index (χ1v) is 6.11. The lowest BCUT2D eigenvalue weighted by molar-refractivity contribution is 1.29. The molecule has 1 aromatic rings. The first-order valence-electron chi connectivity index (χ1n) is 6.11. The highest BCUT2D eigenvalue weighted by molar-refractivity contribution is 6.07. The van der Waals surface area contributed by atoms with E-state index in [1.807, 2.05) is 58.9 Å². The summed E-state index contributed by atoms with van der Waals surface area (Å²) >= 11 is 0. The summed E-state index contributed by atoms with van der Waals surface area (Å²) in [5.41, 5.74) is 1.63. The van der Waals surface area contributed by atoms with E-state index in [4.69, 9.17) is 0 Å². The predicted octanol–water partition coefficient (Wildman–Crippen LogP) is 4.64. The number of allylic oxidation sites excluding steroid dienone is 2. The lowest BCUT2D eigenvalue weighted by Gasteiger charge is -1.96. The molecule has 0 spiro atoms. The Hall–Kier alpha value is -1.70. The van der Waals surface area contributed by atoms with Crippen molar-refractivity contribution in [1.82, 2.24) is 4.98 Å². The molecule has 94 valence electrons. The van der Waals surface area contributed by atoms with Gasteiger partial charge in [-0.15, -0.1) is 0 Å². The molecule has 0 radical (unpaired) electrons. The summed E-state index contributed by atoms with van der Waals surface area (Å²) in [6, 6.07) is 5.71. The molecule has 0 atom stereocenters. The van der Waals surface area contributed by atoms with Crippen LogP contribution in [0.3, 0.4) is 0 Å². The molecule has 2 heteroatoms. The van der Waals surface area contributed by atoms with E-state index in [1.165, 1.54) is 0 Å². The second-order valence-electron chi connectivity index (χ2n) is 2.42. The minimum atomic E-state index is 0.790. The summed E-state index contributed by atoms with van der Waals surface area (Å²) in [6.45, 7) is 13.6. The summed E-state index contributed by atoms with van der Waals surface area (Å²) in [7, 11) is 0. The third kappa shape index (κ3) is 8.14. The summed E-state index contributed by atoms with van der Waals surface area (Å²) in [5, 5.41) is 0. The summed E-state index contributed by atoms with van der Waals surface area (Å²) in [5.74, 6) is 0. The molecule has 1 rings (SSSR count). The van der Waals surface area contributed by atoms with E-state index in [0.717, 1.165) is 11.4 Å². The van der Waals surface area contributed by atoms with E-state index in [2.05, 4.69) is 16.6 Å². The van der Waals surface area contributed by atoms with Gasteiger partial charge >= 0.3 is 0 Å². The Labute approximate surface area is 106 Å². The van der Waals surface area contributed by atoms with Crippen molar-refractivity contribution in [3.05, 3.63) is 55.0 Å². The van der Waals surface area contributed by atoms with Gasteiger partial charge < -0.3 is 0 Å². The molecule has 0 N–H and O–H groups in total. The highest BCUT2D eigenvalue weighted by Gasteiger charge is 1.96.